The normalized spacial score (nSPS) is 11.6. The summed E-state index contributed by atoms with van der Waals surface area (Å²) in [6.45, 7) is 2.07. The standard InChI is InChI=1S/C16H11NS/c1-10-17-16-14-7-6-11-4-2-3-5-12(11)13(14)8-9-15(16)18-10/h2-9H,1H3. The summed E-state index contributed by atoms with van der Waals surface area (Å²) in [6, 6.07) is 17.3. The summed E-state index contributed by atoms with van der Waals surface area (Å²) in [4.78, 5) is 4.67. The second kappa shape index (κ2) is 3.53. The fourth-order valence-corrected chi connectivity index (χ4v) is 3.43. The lowest BCUT2D eigenvalue weighted by atomic mass is 10.0. The SMILES string of the molecule is Cc1nc2c(ccc3c4ccccc4ccc32)s1. The van der Waals surface area contributed by atoms with Gasteiger partial charge in [0.2, 0.25) is 0 Å². The molecule has 1 nitrogen and oxygen atoms in total. The van der Waals surface area contributed by atoms with E-state index in [1.54, 1.807) is 11.3 Å². The number of aryl methyl sites for hydroxylation is 1. The first-order chi connectivity index (χ1) is 8.83. The minimum atomic E-state index is 1.13. The van der Waals surface area contributed by atoms with Crippen LogP contribution in [0, 0.1) is 6.92 Å². The Bertz CT molecular complexity index is 889. The van der Waals surface area contributed by atoms with Gasteiger partial charge in [0.25, 0.3) is 0 Å². The fourth-order valence-electron chi connectivity index (χ4n) is 2.59. The average molecular weight is 249 g/mol. The smallest absolute Gasteiger partial charge is 0.0908 e. The van der Waals surface area contributed by atoms with Crippen molar-refractivity contribution in [2.75, 3.05) is 0 Å². The summed E-state index contributed by atoms with van der Waals surface area (Å²) in [5.74, 6) is 0. The average Bonchev–Trinajstić information content (AvgIpc) is 2.79. The topological polar surface area (TPSA) is 12.9 Å². The molecule has 3 aromatic carbocycles. The van der Waals surface area contributed by atoms with Crippen molar-refractivity contribution in [1.82, 2.24) is 4.98 Å². The molecule has 0 atom stereocenters. The Kier molecular flexibility index (Phi) is 1.97. The van der Waals surface area contributed by atoms with Crippen LogP contribution in [0.4, 0.5) is 0 Å². The molecule has 0 bridgehead atoms. The first-order valence-electron chi connectivity index (χ1n) is 6.00. The largest absolute Gasteiger partial charge is 0.241 e. The van der Waals surface area contributed by atoms with Crippen LogP contribution in [0.3, 0.4) is 0 Å². The highest BCUT2D eigenvalue weighted by Crippen LogP contribution is 2.32. The van der Waals surface area contributed by atoms with Crippen molar-refractivity contribution in [3.63, 3.8) is 0 Å². The monoisotopic (exact) mass is 249 g/mol. The van der Waals surface area contributed by atoms with Crippen LogP contribution in [0.5, 0.6) is 0 Å². The van der Waals surface area contributed by atoms with E-state index >= 15 is 0 Å². The Labute approximate surface area is 109 Å². The molecule has 0 N–H and O–H groups in total. The van der Waals surface area contributed by atoms with Crippen LogP contribution < -0.4 is 0 Å². The van der Waals surface area contributed by atoms with Crippen molar-refractivity contribution in [3.05, 3.63) is 53.5 Å². The number of nitrogens with zero attached hydrogens (tertiary/aromatic N) is 1. The van der Waals surface area contributed by atoms with E-state index < -0.39 is 0 Å². The van der Waals surface area contributed by atoms with E-state index in [-0.39, 0.29) is 0 Å². The summed E-state index contributed by atoms with van der Waals surface area (Å²) in [5, 5.41) is 6.28. The van der Waals surface area contributed by atoms with Gasteiger partial charge in [0.1, 0.15) is 0 Å². The lowest BCUT2D eigenvalue weighted by Gasteiger charge is -2.03. The van der Waals surface area contributed by atoms with E-state index in [4.69, 9.17) is 0 Å². The number of aromatic nitrogens is 1. The van der Waals surface area contributed by atoms with Crippen LogP contribution in [0.15, 0.2) is 48.5 Å². The molecule has 2 heteroatoms. The number of rotatable bonds is 0. The summed E-state index contributed by atoms with van der Waals surface area (Å²) < 4.78 is 1.27. The highest BCUT2D eigenvalue weighted by atomic mass is 32.1. The summed E-state index contributed by atoms with van der Waals surface area (Å²) in [7, 11) is 0. The van der Waals surface area contributed by atoms with Crippen LogP contribution in [-0.4, -0.2) is 4.98 Å². The molecule has 0 aliphatic carbocycles. The molecule has 0 radical (unpaired) electrons. The second-order valence-corrected chi connectivity index (χ2v) is 5.76. The van der Waals surface area contributed by atoms with E-state index in [1.807, 2.05) is 0 Å². The Hall–Kier alpha value is -1.93. The van der Waals surface area contributed by atoms with Gasteiger partial charge in [-0.25, -0.2) is 4.98 Å². The number of thiazole rings is 1. The van der Waals surface area contributed by atoms with Gasteiger partial charge in [0, 0.05) is 5.39 Å². The molecule has 1 heterocycles. The molecule has 0 unspecified atom stereocenters. The third-order valence-corrected chi connectivity index (χ3v) is 4.32. The van der Waals surface area contributed by atoms with Gasteiger partial charge in [-0.05, 0) is 29.1 Å². The molecule has 0 aliphatic rings. The molecule has 0 spiro atoms. The van der Waals surface area contributed by atoms with Gasteiger partial charge >= 0.3 is 0 Å². The first kappa shape index (κ1) is 10.0. The predicted molar refractivity (Wildman–Crippen MR) is 79.4 cm³/mol. The highest BCUT2D eigenvalue weighted by Gasteiger charge is 2.07. The summed E-state index contributed by atoms with van der Waals surface area (Å²) in [5.41, 5.74) is 1.14. The molecule has 4 aromatic rings. The molecule has 1 aromatic heterocycles. The zero-order valence-corrected chi connectivity index (χ0v) is 10.8. The maximum Gasteiger partial charge on any atom is 0.0908 e. The maximum absolute atomic E-state index is 4.67. The van der Waals surface area contributed by atoms with E-state index in [1.165, 1.54) is 26.2 Å². The zero-order valence-electron chi connectivity index (χ0n) is 9.97. The van der Waals surface area contributed by atoms with Crippen LogP contribution in [-0.2, 0) is 0 Å². The van der Waals surface area contributed by atoms with Crippen molar-refractivity contribution in [3.8, 4) is 0 Å². The van der Waals surface area contributed by atoms with Gasteiger partial charge in [0.05, 0.1) is 15.2 Å². The molecule has 0 amide bonds. The van der Waals surface area contributed by atoms with Crippen molar-refractivity contribution in [2.45, 2.75) is 6.92 Å². The Morgan fingerprint density at radius 1 is 0.833 bits per heavy atom. The van der Waals surface area contributed by atoms with Gasteiger partial charge in [-0.2, -0.15) is 0 Å². The van der Waals surface area contributed by atoms with Gasteiger partial charge < -0.3 is 0 Å². The molecule has 18 heavy (non-hydrogen) atoms. The fraction of sp³-hybridized carbons (Fsp3) is 0.0625. The quantitative estimate of drug-likeness (QED) is 0.403. The van der Waals surface area contributed by atoms with Crippen molar-refractivity contribution in [1.29, 1.82) is 0 Å². The van der Waals surface area contributed by atoms with Crippen LogP contribution >= 0.6 is 11.3 Å². The first-order valence-corrected chi connectivity index (χ1v) is 6.82. The third-order valence-electron chi connectivity index (χ3n) is 3.39. The third kappa shape index (κ3) is 1.30. The Balaban J connectivity index is 2.30. The van der Waals surface area contributed by atoms with E-state index in [0.29, 0.717) is 0 Å². The summed E-state index contributed by atoms with van der Waals surface area (Å²) in [6.07, 6.45) is 0. The molecule has 0 fully saturated rings. The lowest BCUT2D eigenvalue weighted by molar-refractivity contribution is 1.35. The highest BCUT2D eigenvalue weighted by molar-refractivity contribution is 7.18. The number of hydrogen-bond donors (Lipinski definition) is 0. The van der Waals surface area contributed by atoms with Gasteiger partial charge in [-0.1, -0.05) is 42.5 Å². The maximum atomic E-state index is 4.67. The molecule has 4 rings (SSSR count). The van der Waals surface area contributed by atoms with E-state index in [2.05, 4.69) is 60.4 Å². The predicted octanol–water partition coefficient (Wildman–Crippen LogP) is 4.91. The van der Waals surface area contributed by atoms with Gasteiger partial charge in [-0.3, -0.25) is 0 Å². The van der Waals surface area contributed by atoms with Crippen molar-refractivity contribution >= 4 is 43.1 Å². The number of benzene rings is 3. The molecule has 0 aliphatic heterocycles. The Morgan fingerprint density at radius 3 is 2.61 bits per heavy atom. The molecule has 86 valence electrons. The van der Waals surface area contributed by atoms with Gasteiger partial charge in [-0.15, -0.1) is 11.3 Å². The number of fused-ring (bicyclic) bond motifs is 5. The van der Waals surface area contributed by atoms with E-state index in [9.17, 15) is 0 Å². The van der Waals surface area contributed by atoms with Crippen molar-refractivity contribution < 1.29 is 0 Å². The molecular weight excluding hydrogens is 238 g/mol. The lowest BCUT2D eigenvalue weighted by Crippen LogP contribution is -1.79. The number of hydrogen-bond acceptors (Lipinski definition) is 2. The van der Waals surface area contributed by atoms with Crippen molar-refractivity contribution in [2.24, 2.45) is 0 Å². The Morgan fingerprint density at radius 2 is 1.67 bits per heavy atom. The minimum Gasteiger partial charge on any atom is -0.241 e. The van der Waals surface area contributed by atoms with Crippen LogP contribution in [0.25, 0.3) is 31.8 Å². The van der Waals surface area contributed by atoms with E-state index in [0.717, 1.165) is 10.5 Å². The molecular formula is C16H11NS. The van der Waals surface area contributed by atoms with Crippen LogP contribution in [0.2, 0.25) is 0 Å². The van der Waals surface area contributed by atoms with Crippen LogP contribution in [0.1, 0.15) is 5.01 Å². The molecule has 0 saturated heterocycles. The summed E-state index contributed by atoms with van der Waals surface area (Å²) >= 11 is 1.76. The van der Waals surface area contributed by atoms with Gasteiger partial charge in [0.15, 0.2) is 0 Å². The second-order valence-electron chi connectivity index (χ2n) is 4.53. The zero-order chi connectivity index (χ0) is 12.1. The minimum absolute atomic E-state index is 1.13. The molecule has 0 saturated carbocycles.